The summed E-state index contributed by atoms with van der Waals surface area (Å²) in [5, 5.41) is 0. The van der Waals surface area contributed by atoms with Crippen LogP contribution < -0.4 is 4.90 Å². The summed E-state index contributed by atoms with van der Waals surface area (Å²) in [5.41, 5.74) is 2.70. The Labute approximate surface area is 132 Å². The van der Waals surface area contributed by atoms with Crippen LogP contribution in [0.1, 0.15) is 38.4 Å². The van der Waals surface area contributed by atoms with Gasteiger partial charge in [-0.25, -0.2) is 0 Å². The van der Waals surface area contributed by atoms with Gasteiger partial charge in [-0.15, -0.1) is 11.8 Å². The van der Waals surface area contributed by atoms with Gasteiger partial charge in [0.25, 0.3) is 0 Å². The van der Waals surface area contributed by atoms with E-state index in [1.54, 1.807) is 11.8 Å². The van der Waals surface area contributed by atoms with Gasteiger partial charge in [-0.05, 0) is 51.1 Å². The summed E-state index contributed by atoms with van der Waals surface area (Å²) in [6.07, 6.45) is 5.27. The Hall–Kier alpha value is -0.710. The number of ether oxygens (including phenoxy) is 2. The molecule has 2 aliphatic heterocycles. The number of nitrogens with zero attached hydrogens (tertiary/aromatic N) is 1. The highest BCUT2D eigenvalue weighted by atomic mass is 32.2. The van der Waals surface area contributed by atoms with E-state index in [1.165, 1.54) is 22.6 Å². The van der Waals surface area contributed by atoms with Crippen LogP contribution in [0.15, 0.2) is 23.1 Å². The minimum absolute atomic E-state index is 0.264. The highest BCUT2D eigenvalue weighted by Gasteiger charge is 2.27. The van der Waals surface area contributed by atoms with Gasteiger partial charge in [0.2, 0.25) is 0 Å². The maximum Gasteiger partial charge on any atom is 0.0846 e. The average molecular weight is 307 g/mol. The topological polar surface area (TPSA) is 21.7 Å². The second-order valence-electron chi connectivity index (χ2n) is 6.09. The lowest BCUT2D eigenvalue weighted by atomic mass is 10.0. The fraction of sp³-hybridized carbons (Fsp3) is 0.647. The second kappa shape index (κ2) is 6.59. The monoisotopic (exact) mass is 307 g/mol. The molecule has 3 rings (SSSR count). The van der Waals surface area contributed by atoms with Gasteiger partial charge in [0.1, 0.15) is 0 Å². The van der Waals surface area contributed by atoms with Crippen molar-refractivity contribution in [3.8, 4) is 0 Å². The summed E-state index contributed by atoms with van der Waals surface area (Å²) in [4.78, 5) is 3.79. The third-order valence-corrected chi connectivity index (χ3v) is 5.00. The van der Waals surface area contributed by atoms with Crippen LogP contribution in [-0.4, -0.2) is 38.2 Å². The molecule has 0 saturated carbocycles. The van der Waals surface area contributed by atoms with E-state index < -0.39 is 0 Å². The molecule has 0 aromatic heterocycles. The number of rotatable bonds is 3. The van der Waals surface area contributed by atoms with Crippen molar-refractivity contribution in [3.05, 3.63) is 23.8 Å². The van der Waals surface area contributed by atoms with E-state index >= 15 is 0 Å². The number of morpholine rings is 1. The van der Waals surface area contributed by atoms with Crippen molar-refractivity contribution in [1.29, 1.82) is 0 Å². The molecule has 3 atom stereocenters. The molecule has 1 aromatic carbocycles. The number of thioether (sulfide) groups is 1. The molecule has 3 nitrogen and oxygen atoms in total. The van der Waals surface area contributed by atoms with Gasteiger partial charge in [0.15, 0.2) is 0 Å². The van der Waals surface area contributed by atoms with E-state index in [1.807, 2.05) is 0 Å². The molecule has 2 fully saturated rings. The summed E-state index contributed by atoms with van der Waals surface area (Å²) in [5.74, 6) is 0. The van der Waals surface area contributed by atoms with E-state index in [4.69, 9.17) is 9.47 Å². The van der Waals surface area contributed by atoms with Crippen molar-refractivity contribution in [3.63, 3.8) is 0 Å². The molecule has 2 aliphatic rings. The van der Waals surface area contributed by atoms with E-state index in [9.17, 15) is 0 Å². The molecule has 0 aliphatic carbocycles. The van der Waals surface area contributed by atoms with Gasteiger partial charge in [-0.3, -0.25) is 0 Å². The Morgan fingerprint density at radius 2 is 1.95 bits per heavy atom. The molecular weight excluding hydrogens is 282 g/mol. The summed E-state index contributed by atoms with van der Waals surface area (Å²) in [6, 6.07) is 6.82. The van der Waals surface area contributed by atoms with Crippen LogP contribution >= 0.6 is 11.8 Å². The Bertz CT molecular complexity index is 478. The lowest BCUT2D eigenvalue weighted by Crippen LogP contribution is -2.45. The van der Waals surface area contributed by atoms with Crippen molar-refractivity contribution in [2.75, 3.05) is 30.9 Å². The van der Waals surface area contributed by atoms with Crippen LogP contribution in [-0.2, 0) is 9.47 Å². The van der Waals surface area contributed by atoms with Gasteiger partial charge in [0, 0.05) is 35.8 Å². The standard InChI is InChI=1S/C17H25NO2S/c1-12-10-18(11-13(2)20-12)16-7-6-14(21-3)9-15(16)17-5-4-8-19-17/h6-7,9,12-13,17H,4-5,8,10-11H2,1-3H3. The van der Waals surface area contributed by atoms with Crippen LogP contribution in [0.5, 0.6) is 0 Å². The predicted octanol–water partition coefficient (Wildman–Crippen LogP) is 3.87. The molecule has 3 unspecified atom stereocenters. The molecule has 2 heterocycles. The van der Waals surface area contributed by atoms with E-state index in [2.05, 4.69) is 43.2 Å². The predicted molar refractivity (Wildman–Crippen MR) is 88.4 cm³/mol. The fourth-order valence-corrected chi connectivity index (χ4v) is 3.85. The van der Waals surface area contributed by atoms with Crippen molar-refractivity contribution < 1.29 is 9.47 Å². The highest BCUT2D eigenvalue weighted by Crippen LogP contribution is 2.38. The summed E-state index contributed by atoms with van der Waals surface area (Å²) in [6.45, 7) is 7.13. The van der Waals surface area contributed by atoms with Crippen LogP contribution in [0.4, 0.5) is 5.69 Å². The number of hydrogen-bond donors (Lipinski definition) is 0. The highest BCUT2D eigenvalue weighted by molar-refractivity contribution is 7.98. The second-order valence-corrected chi connectivity index (χ2v) is 6.97. The molecule has 116 valence electrons. The van der Waals surface area contributed by atoms with Crippen LogP contribution in [0.25, 0.3) is 0 Å². The summed E-state index contributed by atoms with van der Waals surface area (Å²) >= 11 is 1.80. The van der Waals surface area contributed by atoms with Gasteiger partial charge >= 0.3 is 0 Å². The first kappa shape index (κ1) is 15.2. The van der Waals surface area contributed by atoms with Gasteiger partial charge in [-0.2, -0.15) is 0 Å². The van der Waals surface area contributed by atoms with Gasteiger partial charge in [0.05, 0.1) is 18.3 Å². The first-order valence-electron chi connectivity index (χ1n) is 7.87. The van der Waals surface area contributed by atoms with Crippen molar-refractivity contribution in [1.82, 2.24) is 0 Å². The average Bonchev–Trinajstić information content (AvgIpc) is 2.99. The summed E-state index contributed by atoms with van der Waals surface area (Å²) < 4.78 is 11.8. The SMILES string of the molecule is CSc1ccc(N2CC(C)OC(C)C2)c(C2CCCO2)c1. The maximum absolute atomic E-state index is 5.96. The van der Waals surface area contributed by atoms with Gasteiger partial charge in [-0.1, -0.05) is 0 Å². The fourth-order valence-electron chi connectivity index (χ4n) is 3.40. The zero-order chi connectivity index (χ0) is 14.8. The Morgan fingerprint density at radius 3 is 2.57 bits per heavy atom. The first-order valence-corrected chi connectivity index (χ1v) is 9.10. The smallest absolute Gasteiger partial charge is 0.0846 e. The van der Waals surface area contributed by atoms with Gasteiger partial charge < -0.3 is 14.4 Å². The quantitative estimate of drug-likeness (QED) is 0.790. The van der Waals surface area contributed by atoms with Crippen molar-refractivity contribution in [2.45, 2.75) is 49.9 Å². The van der Waals surface area contributed by atoms with Crippen LogP contribution in [0, 0.1) is 0 Å². The molecule has 0 amide bonds. The molecule has 0 N–H and O–H groups in total. The molecule has 0 bridgehead atoms. The largest absolute Gasteiger partial charge is 0.373 e. The lowest BCUT2D eigenvalue weighted by molar-refractivity contribution is -0.00544. The molecule has 21 heavy (non-hydrogen) atoms. The van der Waals surface area contributed by atoms with Crippen molar-refractivity contribution >= 4 is 17.4 Å². The van der Waals surface area contributed by atoms with Crippen LogP contribution in [0.2, 0.25) is 0 Å². The number of hydrogen-bond acceptors (Lipinski definition) is 4. The molecule has 1 aromatic rings. The lowest BCUT2D eigenvalue weighted by Gasteiger charge is -2.38. The molecule has 4 heteroatoms. The molecule has 2 saturated heterocycles. The van der Waals surface area contributed by atoms with E-state index in [0.717, 1.165) is 26.1 Å². The molecule has 0 radical (unpaired) electrons. The normalized spacial score (nSPS) is 29.9. The number of benzene rings is 1. The molecule has 0 spiro atoms. The van der Waals surface area contributed by atoms with Crippen molar-refractivity contribution in [2.24, 2.45) is 0 Å². The third-order valence-electron chi connectivity index (χ3n) is 4.27. The zero-order valence-corrected chi connectivity index (χ0v) is 14.0. The van der Waals surface area contributed by atoms with E-state index in [-0.39, 0.29) is 18.3 Å². The third kappa shape index (κ3) is 3.38. The van der Waals surface area contributed by atoms with Crippen LogP contribution in [0.3, 0.4) is 0 Å². The summed E-state index contributed by atoms with van der Waals surface area (Å²) in [7, 11) is 0. The number of anilines is 1. The Morgan fingerprint density at radius 1 is 1.19 bits per heavy atom. The minimum atomic E-state index is 0.264. The Balaban J connectivity index is 1.92. The maximum atomic E-state index is 5.96. The first-order chi connectivity index (χ1) is 10.2. The zero-order valence-electron chi connectivity index (χ0n) is 13.2. The van der Waals surface area contributed by atoms with E-state index in [0.29, 0.717) is 0 Å². The molecular formula is C17H25NO2S. The minimum Gasteiger partial charge on any atom is -0.373 e. The Kier molecular flexibility index (Phi) is 4.77.